The van der Waals surface area contributed by atoms with Crippen LogP contribution in [0.3, 0.4) is 0 Å². The summed E-state index contributed by atoms with van der Waals surface area (Å²) in [6.45, 7) is 0. The molecule has 0 aromatic heterocycles. The van der Waals surface area contributed by atoms with Crippen LogP contribution in [0.2, 0.25) is 0 Å². The molecule has 0 aliphatic heterocycles. The van der Waals surface area contributed by atoms with Crippen LogP contribution in [0, 0.1) is 31.6 Å². The van der Waals surface area contributed by atoms with E-state index in [2.05, 4.69) is 0 Å². The topological polar surface area (TPSA) is 0 Å². The van der Waals surface area contributed by atoms with E-state index in [0.717, 1.165) is 5.92 Å². The van der Waals surface area contributed by atoms with E-state index in [0.29, 0.717) is 5.56 Å². The standard InChI is InChI=1S/C13H10F/c14-13(10-11-6-4-5-7-11)12-8-2-1-3-9-12/h1-10H/b13-10-. The van der Waals surface area contributed by atoms with Gasteiger partial charge >= 0.3 is 0 Å². The van der Waals surface area contributed by atoms with Crippen molar-refractivity contribution in [3.05, 3.63) is 73.6 Å². The SMILES string of the molecule is F/C(=C\[C]1[CH][CH][CH][CH]1)c1ccccc1. The number of allylic oxidation sites excluding steroid dienone is 1. The van der Waals surface area contributed by atoms with Crippen molar-refractivity contribution in [2.75, 3.05) is 0 Å². The summed E-state index contributed by atoms with van der Waals surface area (Å²) in [5.74, 6) is 0.697. The summed E-state index contributed by atoms with van der Waals surface area (Å²) >= 11 is 0. The summed E-state index contributed by atoms with van der Waals surface area (Å²) in [4.78, 5) is 0. The molecule has 0 bridgehead atoms. The Bertz CT molecular complexity index is 307. The van der Waals surface area contributed by atoms with Crippen LogP contribution >= 0.6 is 0 Å². The second-order valence-electron chi connectivity index (χ2n) is 3.08. The molecule has 1 aromatic rings. The first-order valence-electron chi connectivity index (χ1n) is 4.50. The average molecular weight is 185 g/mol. The van der Waals surface area contributed by atoms with Crippen molar-refractivity contribution in [3.8, 4) is 0 Å². The van der Waals surface area contributed by atoms with Gasteiger partial charge in [-0.2, -0.15) is 0 Å². The first-order chi connectivity index (χ1) is 6.86. The molecule has 1 fully saturated rings. The van der Waals surface area contributed by atoms with Crippen LogP contribution in [0.15, 0.2) is 36.4 Å². The molecule has 0 unspecified atom stereocenters. The highest BCUT2D eigenvalue weighted by atomic mass is 19.1. The molecule has 0 amide bonds. The molecule has 1 aromatic carbocycles. The minimum atomic E-state index is -0.197. The molecule has 1 aliphatic rings. The Kier molecular flexibility index (Phi) is 2.97. The molecule has 0 heterocycles. The first-order valence-corrected chi connectivity index (χ1v) is 4.50. The van der Waals surface area contributed by atoms with Gasteiger partial charge in [0, 0.05) is 11.5 Å². The molecule has 2 rings (SSSR count). The second kappa shape index (κ2) is 4.41. The maximum Gasteiger partial charge on any atom is 0.127 e. The van der Waals surface area contributed by atoms with Crippen LogP contribution in [0.4, 0.5) is 4.39 Å². The van der Waals surface area contributed by atoms with Crippen molar-refractivity contribution in [2.24, 2.45) is 0 Å². The van der Waals surface area contributed by atoms with Crippen molar-refractivity contribution in [2.45, 2.75) is 0 Å². The highest BCUT2D eigenvalue weighted by Crippen LogP contribution is 2.28. The Morgan fingerprint density at radius 3 is 2.29 bits per heavy atom. The second-order valence-corrected chi connectivity index (χ2v) is 3.08. The van der Waals surface area contributed by atoms with Gasteiger partial charge in [0.15, 0.2) is 0 Å². The van der Waals surface area contributed by atoms with Crippen molar-refractivity contribution >= 4 is 5.83 Å². The van der Waals surface area contributed by atoms with Crippen LogP contribution in [0.5, 0.6) is 0 Å². The molecule has 1 saturated carbocycles. The Balaban J connectivity index is 2.10. The fraction of sp³-hybridized carbons (Fsp3) is 0. The molecule has 0 N–H and O–H groups in total. The van der Waals surface area contributed by atoms with E-state index >= 15 is 0 Å². The largest absolute Gasteiger partial charge is 0.207 e. The van der Waals surface area contributed by atoms with Gasteiger partial charge in [-0.15, -0.1) is 0 Å². The summed E-state index contributed by atoms with van der Waals surface area (Å²) in [5.41, 5.74) is 0.619. The van der Waals surface area contributed by atoms with Crippen molar-refractivity contribution in [1.29, 1.82) is 0 Å². The molecule has 14 heavy (non-hydrogen) atoms. The number of hydrogen-bond donors (Lipinski definition) is 0. The van der Waals surface area contributed by atoms with Crippen molar-refractivity contribution in [1.82, 2.24) is 0 Å². The van der Waals surface area contributed by atoms with Gasteiger partial charge in [-0.1, -0.05) is 30.3 Å². The van der Waals surface area contributed by atoms with Gasteiger partial charge in [-0.05, 0) is 31.8 Å². The normalized spacial score (nSPS) is 18.8. The lowest BCUT2D eigenvalue weighted by atomic mass is 10.1. The van der Waals surface area contributed by atoms with Gasteiger partial charge in [0.1, 0.15) is 5.83 Å². The zero-order valence-electron chi connectivity index (χ0n) is 7.65. The van der Waals surface area contributed by atoms with Crippen LogP contribution in [-0.2, 0) is 0 Å². The van der Waals surface area contributed by atoms with Gasteiger partial charge in [0.25, 0.3) is 0 Å². The fourth-order valence-electron chi connectivity index (χ4n) is 1.31. The van der Waals surface area contributed by atoms with Crippen LogP contribution in [0.25, 0.3) is 5.83 Å². The predicted molar refractivity (Wildman–Crippen MR) is 56.0 cm³/mol. The van der Waals surface area contributed by atoms with E-state index in [1.807, 2.05) is 43.9 Å². The maximum absolute atomic E-state index is 13.6. The number of benzene rings is 1. The summed E-state index contributed by atoms with van der Waals surface area (Å²) in [6.07, 6.45) is 9.08. The molecule has 1 heteroatoms. The lowest BCUT2D eigenvalue weighted by molar-refractivity contribution is 0.758. The minimum absolute atomic E-state index is 0.197. The Hall–Kier alpha value is -1.11. The van der Waals surface area contributed by atoms with Crippen LogP contribution < -0.4 is 0 Å². The smallest absolute Gasteiger partial charge is 0.127 e. The van der Waals surface area contributed by atoms with E-state index < -0.39 is 0 Å². The Labute approximate surface area is 84.5 Å². The number of hydrogen-bond acceptors (Lipinski definition) is 0. The van der Waals surface area contributed by atoms with E-state index in [1.165, 1.54) is 6.08 Å². The Morgan fingerprint density at radius 1 is 1.00 bits per heavy atom. The van der Waals surface area contributed by atoms with Gasteiger partial charge in [0.2, 0.25) is 0 Å². The lowest BCUT2D eigenvalue weighted by Gasteiger charge is -2.01. The van der Waals surface area contributed by atoms with Gasteiger partial charge in [-0.25, -0.2) is 4.39 Å². The Morgan fingerprint density at radius 2 is 1.64 bits per heavy atom. The van der Waals surface area contributed by atoms with Gasteiger partial charge in [-0.3, -0.25) is 0 Å². The number of halogens is 1. The van der Waals surface area contributed by atoms with E-state index in [-0.39, 0.29) is 5.83 Å². The number of rotatable bonds is 2. The molecular formula is C13H10F. The van der Waals surface area contributed by atoms with Crippen molar-refractivity contribution < 1.29 is 4.39 Å². The molecule has 69 valence electrons. The molecule has 0 atom stereocenters. The van der Waals surface area contributed by atoms with Crippen LogP contribution in [-0.4, -0.2) is 0 Å². The zero-order valence-corrected chi connectivity index (χ0v) is 7.65. The minimum Gasteiger partial charge on any atom is -0.207 e. The summed E-state index contributed by atoms with van der Waals surface area (Å²) in [7, 11) is 0. The molecule has 1 aliphatic carbocycles. The fourth-order valence-corrected chi connectivity index (χ4v) is 1.31. The van der Waals surface area contributed by atoms with E-state index in [1.54, 1.807) is 12.1 Å². The lowest BCUT2D eigenvalue weighted by Crippen LogP contribution is -1.87. The third-order valence-electron chi connectivity index (χ3n) is 2.03. The van der Waals surface area contributed by atoms with E-state index in [4.69, 9.17) is 0 Å². The maximum atomic E-state index is 13.6. The van der Waals surface area contributed by atoms with Crippen molar-refractivity contribution in [3.63, 3.8) is 0 Å². The van der Waals surface area contributed by atoms with Gasteiger partial charge in [0.05, 0.1) is 0 Å². The molecule has 0 saturated heterocycles. The van der Waals surface area contributed by atoms with E-state index in [9.17, 15) is 4.39 Å². The highest BCUT2D eigenvalue weighted by molar-refractivity contribution is 5.63. The molecule has 5 radical (unpaired) electrons. The monoisotopic (exact) mass is 185 g/mol. The van der Waals surface area contributed by atoms with Gasteiger partial charge < -0.3 is 0 Å². The summed E-state index contributed by atoms with van der Waals surface area (Å²) < 4.78 is 13.6. The zero-order chi connectivity index (χ0) is 9.80. The third kappa shape index (κ3) is 2.22. The highest BCUT2D eigenvalue weighted by Gasteiger charge is 2.15. The molecule has 0 nitrogen and oxygen atoms in total. The summed E-state index contributed by atoms with van der Waals surface area (Å²) in [6, 6.07) is 9.05. The molecule has 0 spiro atoms. The predicted octanol–water partition coefficient (Wildman–Crippen LogP) is 3.40. The average Bonchev–Trinajstić information content (AvgIpc) is 2.72. The third-order valence-corrected chi connectivity index (χ3v) is 2.03. The summed E-state index contributed by atoms with van der Waals surface area (Å²) in [5, 5.41) is 0. The molecular weight excluding hydrogens is 175 g/mol. The van der Waals surface area contributed by atoms with Crippen LogP contribution in [0.1, 0.15) is 5.56 Å². The quantitative estimate of drug-likeness (QED) is 0.662. The first kappa shape index (κ1) is 9.45.